The van der Waals surface area contributed by atoms with E-state index in [0.717, 1.165) is 0 Å². The first-order valence-corrected chi connectivity index (χ1v) is 10.8. The summed E-state index contributed by atoms with van der Waals surface area (Å²) in [4.78, 5) is 27.7. The van der Waals surface area contributed by atoms with E-state index in [1.807, 2.05) is 0 Å². The second-order valence-corrected chi connectivity index (χ2v) is 8.65. The van der Waals surface area contributed by atoms with Crippen LogP contribution in [0, 0.1) is 0 Å². The zero-order valence-corrected chi connectivity index (χ0v) is 17.0. The van der Waals surface area contributed by atoms with E-state index in [0.29, 0.717) is 11.3 Å². The molecule has 152 valence electrons. The van der Waals surface area contributed by atoms with Crippen molar-refractivity contribution in [1.29, 1.82) is 0 Å². The molecule has 0 radical (unpaired) electrons. The Morgan fingerprint density at radius 1 is 1.00 bits per heavy atom. The molecule has 7 nitrogen and oxygen atoms in total. The van der Waals surface area contributed by atoms with Gasteiger partial charge in [-0.15, -0.1) is 0 Å². The number of amides is 2. The molecular formula is C21H16ClN3O4S. The van der Waals surface area contributed by atoms with Crippen LogP contribution in [0.2, 0.25) is 5.02 Å². The number of rotatable bonds is 3. The van der Waals surface area contributed by atoms with Gasteiger partial charge in [0.2, 0.25) is 10.0 Å². The number of carbonyl (C=O) groups is 2. The van der Waals surface area contributed by atoms with E-state index in [1.54, 1.807) is 54.6 Å². The molecule has 1 aliphatic heterocycles. The first-order chi connectivity index (χ1) is 14.3. The highest BCUT2D eigenvalue weighted by atomic mass is 35.5. The maximum Gasteiger partial charge on any atom is 0.260 e. The van der Waals surface area contributed by atoms with E-state index in [-0.39, 0.29) is 21.2 Å². The largest absolute Gasteiger partial charge is 0.322 e. The third-order valence-electron chi connectivity index (χ3n) is 4.76. The van der Waals surface area contributed by atoms with Crippen LogP contribution in [0.4, 0.5) is 11.4 Å². The Balaban J connectivity index is 1.92. The predicted octanol–water partition coefficient (Wildman–Crippen LogP) is 3.33. The van der Waals surface area contributed by atoms with Crippen LogP contribution >= 0.6 is 11.6 Å². The normalized spacial score (nSPS) is 16.0. The van der Waals surface area contributed by atoms with Gasteiger partial charge < -0.3 is 5.32 Å². The number of nitrogens with zero attached hydrogens (tertiary/aromatic N) is 1. The first-order valence-electron chi connectivity index (χ1n) is 8.88. The molecule has 0 saturated carbocycles. The summed E-state index contributed by atoms with van der Waals surface area (Å²) in [7, 11) is -3.99. The SMILES string of the molecule is NS(=O)(=O)c1ccc2c(c1)NC(=O)C(c1ccccc1)N2C(=O)c1ccccc1Cl. The van der Waals surface area contributed by atoms with Gasteiger partial charge in [-0.1, -0.05) is 54.1 Å². The molecule has 9 heteroatoms. The van der Waals surface area contributed by atoms with Crippen LogP contribution in [0.15, 0.2) is 77.7 Å². The van der Waals surface area contributed by atoms with Crippen molar-refractivity contribution >= 4 is 44.8 Å². The van der Waals surface area contributed by atoms with E-state index in [1.165, 1.54) is 23.1 Å². The molecule has 3 aromatic rings. The van der Waals surface area contributed by atoms with Crippen molar-refractivity contribution in [3.8, 4) is 0 Å². The molecule has 2 amide bonds. The molecule has 1 unspecified atom stereocenters. The first kappa shape index (κ1) is 20.1. The van der Waals surface area contributed by atoms with Crippen molar-refractivity contribution in [2.24, 2.45) is 5.14 Å². The van der Waals surface area contributed by atoms with E-state index in [4.69, 9.17) is 16.7 Å². The quantitative estimate of drug-likeness (QED) is 0.649. The second-order valence-electron chi connectivity index (χ2n) is 6.68. The van der Waals surface area contributed by atoms with Gasteiger partial charge in [0.1, 0.15) is 6.04 Å². The monoisotopic (exact) mass is 441 g/mol. The summed E-state index contributed by atoms with van der Waals surface area (Å²) in [5.41, 5.74) is 1.31. The Labute approximate surface area is 178 Å². The lowest BCUT2D eigenvalue weighted by atomic mass is 9.99. The van der Waals surface area contributed by atoms with Crippen LogP contribution in [0.5, 0.6) is 0 Å². The lowest BCUT2D eigenvalue weighted by Gasteiger charge is -2.37. The number of anilines is 2. The third kappa shape index (κ3) is 3.56. The van der Waals surface area contributed by atoms with Crippen molar-refractivity contribution in [3.63, 3.8) is 0 Å². The van der Waals surface area contributed by atoms with Gasteiger partial charge in [-0.25, -0.2) is 13.6 Å². The molecular weight excluding hydrogens is 426 g/mol. The maximum absolute atomic E-state index is 13.5. The van der Waals surface area contributed by atoms with Crippen molar-refractivity contribution in [1.82, 2.24) is 0 Å². The number of nitrogens with two attached hydrogens (primary N) is 1. The minimum Gasteiger partial charge on any atom is -0.322 e. The highest BCUT2D eigenvalue weighted by Gasteiger charge is 2.39. The van der Waals surface area contributed by atoms with Crippen LogP contribution in [0.3, 0.4) is 0 Å². The van der Waals surface area contributed by atoms with Crippen LogP contribution in [0.25, 0.3) is 0 Å². The summed E-state index contributed by atoms with van der Waals surface area (Å²) >= 11 is 6.24. The Bertz CT molecular complexity index is 1260. The van der Waals surface area contributed by atoms with Crippen molar-refractivity contribution in [3.05, 3.63) is 88.9 Å². The van der Waals surface area contributed by atoms with Crippen LogP contribution < -0.4 is 15.4 Å². The van der Waals surface area contributed by atoms with Gasteiger partial charge in [0.25, 0.3) is 11.8 Å². The molecule has 0 aromatic heterocycles. The molecule has 0 spiro atoms. The molecule has 30 heavy (non-hydrogen) atoms. The summed E-state index contributed by atoms with van der Waals surface area (Å²) in [6, 6.07) is 18.3. The number of carbonyl (C=O) groups excluding carboxylic acids is 2. The topological polar surface area (TPSA) is 110 Å². The number of sulfonamides is 1. The maximum atomic E-state index is 13.5. The van der Waals surface area contributed by atoms with Crippen LogP contribution in [0.1, 0.15) is 22.0 Å². The minimum atomic E-state index is -3.99. The number of hydrogen-bond donors (Lipinski definition) is 2. The Kier molecular flexibility index (Phi) is 5.07. The minimum absolute atomic E-state index is 0.166. The Morgan fingerprint density at radius 3 is 2.33 bits per heavy atom. The molecule has 4 rings (SSSR count). The number of halogens is 1. The van der Waals surface area contributed by atoms with Crippen molar-refractivity contribution in [2.45, 2.75) is 10.9 Å². The van der Waals surface area contributed by atoms with E-state index >= 15 is 0 Å². The molecule has 0 saturated heterocycles. The van der Waals surface area contributed by atoms with Crippen LogP contribution in [-0.2, 0) is 14.8 Å². The number of hydrogen-bond acceptors (Lipinski definition) is 4. The van der Waals surface area contributed by atoms with Crippen molar-refractivity contribution < 1.29 is 18.0 Å². The van der Waals surface area contributed by atoms with Gasteiger partial charge in [0.15, 0.2) is 0 Å². The average molecular weight is 442 g/mol. The fourth-order valence-corrected chi connectivity index (χ4v) is 4.14. The smallest absolute Gasteiger partial charge is 0.260 e. The highest BCUT2D eigenvalue weighted by molar-refractivity contribution is 7.89. The summed E-state index contributed by atoms with van der Waals surface area (Å²) in [6.45, 7) is 0. The van der Waals surface area contributed by atoms with Gasteiger partial charge in [-0.2, -0.15) is 0 Å². The molecule has 1 aliphatic rings. The van der Waals surface area contributed by atoms with E-state index < -0.39 is 27.9 Å². The van der Waals surface area contributed by atoms with Gasteiger partial charge >= 0.3 is 0 Å². The lowest BCUT2D eigenvalue weighted by molar-refractivity contribution is -0.117. The number of primary sulfonamides is 1. The molecule has 0 bridgehead atoms. The van der Waals surface area contributed by atoms with Crippen molar-refractivity contribution in [2.75, 3.05) is 10.2 Å². The summed E-state index contributed by atoms with van der Waals surface area (Å²) in [5, 5.41) is 8.13. The molecule has 3 N–H and O–H groups in total. The van der Waals surface area contributed by atoms with Gasteiger partial charge in [-0.3, -0.25) is 14.5 Å². The fourth-order valence-electron chi connectivity index (χ4n) is 3.39. The molecule has 3 aromatic carbocycles. The summed E-state index contributed by atoms with van der Waals surface area (Å²) < 4.78 is 23.5. The fraction of sp³-hybridized carbons (Fsp3) is 0.0476. The standard InChI is InChI=1S/C21H16ClN3O4S/c22-16-9-5-4-8-15(16)21(27)25-18-11-10-14(30(23,28)29)12-17(18)24-20(26)19(25)13-6-2-1-3-7-13/h1-12,19H,(H,24,26)(H2,23,28,29). The zero-order valence-electron chi connectivity index (χ0n) is 15.4. The zero-order chi connectivity index (χ0) is 21.5. The van der Waals surface area contributed by atoms with Gasteiger partial charge in [-0.05, 0) is 35.9 Å². The third-order valence-corrected chi connectivity index (χ3v) is 6.00. The summed E-state index contributed by atoms with van der Waals surface area (Å²) in [5.74, 6) is -0.977. The Morgan fingerprint density at radius 2 is 1.67 bits per heavy atom. The molecule has 0 fully saturated rings. The molecule has 0 aliphatic carbocycles. The van der Waals surface area contributed by atoms with Gasteiger partial charge in [0.05, 0.1) is 26.9 Å². The van der Waals surface area contributed by atoms with E-state index in [9.17, 15) is 18.0 Å². The predicted molar refractivity (Wildman–Crippen MR) is 114 cm³/mol. The number of fused-ring (bicyclic) bond motifs is 1. The summed E-state index contributed by atoms with van der Waals surface area (Å²) in [6.07, 6.45) is 0. The Hall–Kier alpha value is -3.20. The number of nitrogens with one attached hydrogen (secondary N) is 1. The number of benzene rings is 3. The molecule has 1 heterocycles. The van der Waals surface area contributed by atoms with E-state index in [2.05, 4.69) is 5.32 Å². The highest BCUT2D eigenvalue weighted by Crippen LogP contribution is 2.40. The second kappa shape index (κ2) is 7.56. The van der Waals surface area contributed by atoms with Crippen LogP contribution in [-0.4, -0.2) is 20.2 Å². The van der Waals surface area contributed by atoms with Gasteiger partial charge in [0, 0.05) is 0 Å². The average Bonchev–Trinajstić information content (AvgIpc) is 2.72. The lowest BCUT2D eigenvalue weighted by Crippen LogP contribution is -2.45. The molecule has 1 atom stereocenters.